The van der Waals surface area contributed by atoms with Gasteiger partial charge in [0.05, 0.1) is 7.11 Å². The third kappa shape index (κ3) is 5.75. The lowest BCUT2D eigenvalue weighted by molar-refractivity contribution is -0.160. The number of nitrogens with one attached hydrogen (secondary N) is 1. The van der Waals surface area contributed by atoms with Crippen LogP contribution in [-0.4, -0.2) is 30.1 Å². The number of hydrogen-bond acceptors (Lipinski definition) is 4. The molecule has 0 unspecified atom stereocenters. The summed E-state index contributed by atoms with van der Waals surface area (Å²) in [5, 5.41) is -1.41. The van der Waals surface area contributed by atoms with Gasteiger partial charge in [-0.05, 0) is 56.6 Å². The number of methoxy groups -OCH3 is 1. The lowest BCUT2D eigenvalue weighted by Gasteiger charge is -2.27. The Morgan fingerprint density at radius 1 is 1.24 bits per heavy atom. The minimum absolute atomic E-state index is 0.298. The van der Waals surface area contributed by atoms with Crippen molar-refractivity contribution in [3.8, 4) is 5.75 Å². The van der Waals surface area contributed by atoms with Crippen LogP contribution < -0.4 is 10.1 Å². The van der Waals surface area contributed by atoms with E-state index in [0.717, 1.165) is 0 Å². The van der Waals surface area contributed by atoms with E-state index >= 15 is 0 Å². The van der Waals surface area contributed by atoms with Crippen molar-refractivity contribution >= 4 is 23.3 Å². The molecule has 0 aliphatic heterocycles. The lowest BCUT2D eigenvalue weighted by atomic mass is 10.2. The maximum absolute atomic E-state index is 13.4. The zero-order valence-electron chi connectivity index (χ0n) is 12.2. The molecule has 0 heterocycles. The molecule has 1 aromatic carbocycles. The molecule has 0 spiro atoms. The summed E-state index contributed by atoms with van der Waals surface area (Å²) < 4.78 is 36.8. The molecule has 0 aliphatic rings. The van der Waals surface area contributed by atoms with E-state index in [1.807, 2.05) is 0 Å². The molecule has 1 aromatic rings. The highest BCUT2D eigenvalue weighted by Crippen LogP contribution is 2.29. The lowest BCUT2D eigenvalue weighted by Crippen LogP contribution is -2.45. The van der Waals surface area contributed by atoms with Crippen molar-refractivity contribution in [1.82, 2.24) is 0 Å². The van der Waals surface area contributed by atoms with Crippen LogP contribution in [0.4, 0.5) is 14.5 Å². The predicted molar refractivity (Wildman–Crippen MR) is 77.0 cm³/mol. The number of benzene rings is 1. The molecule has 0 aromatic heterocycles. The molecular formula is C14H18ClF2NO3. The zero-order chi connectivity index (χ0) is 16.3. The molecule has 4 nitrogen and oxygen atoms in total. The highest BCUT2D eigenvalue weighted by molar-refractivity contribution is 6.24. The third-order valence-corrected chi connectivity index (χ3v) is 2.59. The fraction of sp³-hybridized carbons (Fsp3) is 0.500. The van der Waals surface area contributed by atoms with Gasteiger partial charge >= 0.3 is 11.4 Å². The molecule has 0 saturated heterocycles. The number of anilines is 1. The first-order valence-electron chi connectivity index (χ1n) is 6.23. The van der Waals surface area contributed by atoms with Gasteiger partial charge in [-0.3, -0.25) is 0 Å². The molecule has 0 saturated carbocycles. The minimum atomic E-state index is -3.79. The van der Waals surface area contributed by atoms with E-state index in [-0.39, 0.29) is 0 Å². The van der Waals surface area contributed by atoms with Gasteiger partial charge < -0.3 is 14.8 Å². The maximum atomic E-state index is 13.4. The van der Waals surface area contributed by atoms with Crippen LogP contribution in [0.3, 0.4) is 0 Å². The van der Waals surface area contributed by atoms with E-state index in [9.17, 15) is 13.6 Å². The highest BCUT2D eigenvalue weighted by Gasteiger charge is 2.45. The number of carbonyl (C=O) groups excluding carboxylic acids is 1. The first-order valence-corrected chi connectivity index (χ1v) is 6.61. The Balaban J connectivity index is 2.90. The van der Waals surface area contributed by atoms with Crippen molar-refractivity contribution in [1.29, 1.82) is 0 Å². The molecule has 0 fully saturated rings. The molecule has 21 heavy (non-hydrogen) atoms. The standard InChI is InChI=1S/C14H18ClF2NO3/c1-13(2,3)21-12(19)11(14(15,16)17)18-9-5-7-10(20-4)8-6-9/h5-8,11,18H,1-4H3/t11-/m0/s1. The van der Waals surface area contributed by atoms with E-state index in [1.165, 1.54) is 19.2 Å². The van der Waals surface area contributed by atoms with Gasteiger partial charge in [-0.15, -0.1) is 0 Å². The van der Waals surface area contributed by atoms with Crippen molar-refractivity contribution in [3.63, 3.8) is 0 Å². The van der Waals surface area contributed by atoms with Gasteiger partial charge in [0.2, 0.25) is 6.04 Å². The van der Waals surface area contributed by atoms with E-state index in [2.05, 4.69) is 5.32 Å². The number of halogens is 3. The Hall–Kier alpha value is -1.56. The van der Waals surface area contributed by atoms with Crippen LogP contribution in [0.25, 0.3) is 0 Å². The molecule has 7 heteroatoms. The van der Waals surface area contributed by atoms with E-state index in [4.69, 9.17) is 21.1 Å². The van der Waals surface area contributed by atoms with Crippen molar-refractivity contribution < 1.29 is 23.0 Å². The fourth-order valence-corrected chi connectivity index (χ4v) is 1.63. The van der Waals surface area contributed by atoms with Gasteiger partial charge in [0, 0.05) is 5.69 Å². The topological polar surface area (TPSA) is 47.6 Å². The molecule has 1 rings (SSSR count). The fourth-order valence-electron chi connectivity index (χ4n) is 1.49. The van der Waals surface area contributed by atoms with Crippen LogP contribution in [0.2, 0.25) is 0 Å². The van der Waals surface area contributed by atoms with Crippen molar-refractivity contribution in [2.24, 2.45) is 0 Å². The van der Waals surface area contributed by atoms with Crippen LogP contribution >= 0.6 is 11.6 Å². The number of rotatable bonds is 5. The summed E-state index contributed by atoms with van der Waals surface area (Å²) >= 11 is 5.01. The quantitative estimate of drug-likeness (QED) is 0.664. The van der Waals surface area contributed by atoms with E-state index < -0.39 is 23.0 Å². The van der Waals surface area contributed by atoms with E-state index in [0.29, 0.717) is 11.4 Å². The number of ether oxygens (including phenoxy) is 2. The van der Waals surface area contributed by atoms with Gasteiger partial charge in [0.25, 0.3) is 0 Å². The second-order valence-electron chi connectivity index (χ2n) is 5.38. The van der Waals surface area contributed by atoms with Crippen molar-refractivity contribution in [3.05, 3.63) is 24.3 Å². The molecule has 0 amide bonds. The van der Waals surface area contributed by atoms with E-state index in [1.54, 1.807) is 32.9 Å². The Kier molecular flexibility index (Phi) is 5.39. The number of carbonyl (C=O) groups is 1. The summed E-state index contributed by atoms with van der Waals surface area (Å²) in [6.07, 6.45) is 0. The van der Waals surface area contributed by atoms with Gasteiger partial charge in [-0.25, -0.2) is 4.79 Å². The number of alkyl halides is 3. The zero-order valence-corrected chi connectivity index (χ0v) is 13.0. The molecular weight excluding hydrogens is 304 g/mol. The molecule has 0 radical (unpaired) electrons. The van der Waals surface area contributed by atoms with Crippen LogP contribution in [0.15, 0.2) is 24.3 Å². The van der Waals surface area contributed by atoms with Crippen LogP contribution in [0.1, 0.15) is 20.8 Å². The molecule has 118 valence electrons. The molecule has 0 aliphatic carbocycles. The summed E-state index contributed by atoms with van der Waals surface area (Å²) in [5.74, 6) is -0.565. The predicted octanol–water partition coefficient (Wildman–Crippen LogP) is 3.65. The second-order valence-corrected chi connectivity index (χ2v) is 5.88. The normalized spacial score (nSPS) is 13.5. The first-order chi connectivity index (χ1) is 9.53. The third-order valence-electron chi connectivity index (χ3n) is 2.37. The van der Waals surface area contributed by atoms with Gasteiger partial charge in [0.15, 0.2) is 0 Å². The van der Waals surface area contributed by atoms with Crippen molar-refractivity contribution in [2.45, 2.75) is 37.8 Å². The monoisotopic (exact) mass is 321 g/mol. The van der Waals surface area contributed by atoms with Gasteiger partial charge in [-0.2, -0.15) is 8.78 Å². The van der Waals surface area contributed by atoms with Gasteiger partial charge in [0.1, 0.15) is 11.4 Å². The first kappa shape index (κ1) is 17.5. The Morgan fingerprint density at radius 2 is 1.76 bits per heavy atom. The SMILES string of the molecule is COc1ccc(N[C@@H](C(=O)OC(C)(C)C)C(F)(F)Cl)cc1. The van der Waals surface area contributed by atoms with Crippen LogP contribution in [0, 0.1) is 0 Å². The Morgan fingerprint density at radius 3 is 2.14 bits per heavy atom. The molecule has 0 bridgehead atoms. The van der Waals surface area contributed by atoms with Crippen LogP contribution in [-0.2, 0) is 9.53 Å². The average molecular weight is 322 g/mol. The second kappa shape index (κ2) is 6.47. The maximum Gasteiger partial charge on any atom is 0.352 e. The Bertz CT molecular complexity index is 480. The molecule has 1 N–H and O–H groups in total. The van der Waals surface area contributed by atoms with Gasteiger partial charge in [-0.1, -0.05) is 0 Å². The average Bonchev–Trinajstić information content (AvgIpc) is 2.33. The summed E-state index contributed by atoms with van der Waals surface area (Å²) in [4.78, 5) is 11.9. The highest BCUT2D eigenvalue weighted by atomic mass is 35.5. The molecule has 1 atom stereocenters. The Labute approximate surface area is 127 Å². The summed E-state index contributed by atoms with van der Waals surface area (Å²) in [5.41, 5.74) is -0.592. The number of hydrogen-bond donors (Lipinski definition) is 1. The van der Waals surface area contributed by atoms with Crippen molar-refractivity contribution in [2.75, 3.05) is 12.4 Å². The number of esters is 1. The summed E-state index contributed by atoms with van der Waals surface area (Å²) in [6.45, 7) is 4.76. The minimum Gasteiger partial charge on any atom is -0.497 e. The van der Waals surface area contributed by atoms with Crippen LogP contribution in [0.5, 0.6) is 5.75 Å². The largest absolute Gasteiger partial charge is 0.497 e. The summed E-state index contributed by atoms with van der Waals surface area (Å²) in [6, 6.07) is 4.14. The summed E-state index contributed by atoms with van der Waals surface area (Å²) in [7, 11) is 1.48. The smallest absolute Gasteiger partial charge is 0.352 e.